The third-order valence-electron chi connectivity index (χ3n) is 2.98. The summed E-state index contributed by atoms with van der Waals surface area (Å²) in [7, 11) is 0. The number of thiophene rings is 1. The van der Waals surface area contributed by atoms with E-state index in [-0.39, 0.29) is 0 Å². The Morgan fingerprint density at radius 3 is 2.79 bits per heavy atom. The van der Waals surface area contributed by atoms with Crippen LogP contribution in [0.15, 0.2) is 77.3 Å². The average molecular weight is 355 g/mol. The molecule has 0 unspecified atom stereocenters. The van der Waals surface area contributed by atoms with Gasteiger partial charge in [-0.05, 0) is 29.7 Å². The predicted molar refractivity (Wildman–Crippen MR) is 110 cm³/mol. The molecule has 2 nitrogen and oxygen atoms in total. The monoisotopic (exact) mass is 354 g/mol. The van der Waals surface area contributed by atoms with Crippen LogP contribution in [0.25, 0.3) is 5.57 Å². The molecule has 0 bridgehead atoms. The van der Waals surface area contributed by atoms with Gasteiger partial charge in [0, 0.05) is 17.0 Å². The lowest BCUT2D eigenvalue weighted by molar-refractivity contribution is 1.18. The zero-order chi connectivity index (χ0) is 17.8. The van der Waals surface area contributed by atoms with Gasteiger partial charge in [-0.15, -0.1) is 23.1 Å². The molecule has 0 atom stereocenters. The van der Waals surface area contributed by atoms with Crippen LogP contribution in [-0.2, 0) is 0 Å². The first-order chi connectivity index (χ1) is 11.6. The SMILES string of the molecule is C=CC=CC=CCC(=C)N=C(SCC)C(C#N)=C(C)c1cccs1. The molecule has 124 valence electrons. The van der Waals surface area contributed by atoms with Crippen LogP contribution in [0, 0.1) is 11.3 Å². The minimum atomic E-state index is 0.626. The van der Waals surface area contributed by atoms with E-state index < -0.39 is 0 Å². The number of hydrogen-bond donors (Lipinski definition) is 0. The lowest BCUT2D eigenvalue weighted by atomic mass is 10.1. The normalized spacial score (nSPS) is 13.1. The maximum absolute atomic E-state index is 9.62. The van der Waals surface area contributed by atoms with Crippen molar-refractivity contribution in [3.63, 3.8) is 0 Å². The molecule has 0 fully saturated rings. The van der Waals surface area contributed by atoms with Crippen molar-refractivity contribution >= 4 is 33.7 Å². The minimum Gasteiger partial charge on any atom is -0.245 e. The number of allylic oxidation sites excluding steroid dienone is 6. The van der Waals surface area contributed by atoms with Gasteiger partial charge in [0.25, 0.3) is 0 Å². The standard InChI is InChI=1S/C20H22N2S2/c1-5-7-8-9-10-12-16(3)22-20(23-6-2)18(15-21)17(4)19-13-11-14-24-19/h5,7-11,13-14H,1,3,6,12H2,2,4H3. The maximum Gasteiger partial charge on any atom is 0.114 e. The summed E-state index contributed by atoms with van der Waals surface area (Å²) >= 11 is 3.20. The third kappa shape index (κ3) is 6.57. The van der Waals surface area contributed by atoms with Crippen LogP contribution in [0.2, 0.25) is 0 Å². The summed E-state index contributed by atoms with van der Waals surface area (Å²) in [5.74, 6) is 0.854. The molecular weight excluding hydrogens is 332 g/mol. The van der Waals surface area contributed by atoms with Crippen LogP contribution in [-0.4, -0.2) is 10.8 Å². The molecule has 0 saturated carbocycles. The van der Waals surface area contributed by atoms with Crippen molar-refractivity contribution in [1.82, 2.24) is 0 Å². The summed E-state index contributed by atoms with van der Waals surface area (Å²) in [4.78, 5) is 5.69. The molecular formula is C20H22N2S2. The molecule has 0 aromatic carbocycles. The van der Waals surface area contributed by atoms with Crippen LogP contribution in [0.4, 0.5) is 0 Å². The van der Waals surface area contributed by atoms with E-state index in [0.29, 0.717) is 12.0 Å². The Morgan fingerprint density at radius 2 is 2.21 bits per heavy atom. The number of nitrogens with zero attached hydrogens (tertiary/aromatic N) is 2. The summed E-state index contributed by atoms with van der Waals surface area (Å²) in [6.45, 7) is 11.7. The Bertz CT molecular complexity index is 711. The van der Waals surface area contributed by atoms with E-state index in [1.165, 1.54) is 0 Å². The average Bonchev–Trinajstić information content (AvgIpc) is 3.10. The molecule has 0 N–H and O–H groups in total. The number of nitriles is 1. The third-order valence-corrected chi connectivity index (χ3v) is 4.83. The van der Waals surface area contributed by atoms with E-state index in [1.54, 1.807) is 29.2 Å². The van der Waals surface area contributed by atoms with Gasteiger partial charge in [0.05, 0.1) is 5.57 Å². The molecule has 0 spiro atoms. The second-order valence-corrected chi connectivity index (χ2v) is 6.96. The van der Waals surface area contributed by atoms with E-state index in [9.17, 15) is 5.26 Å². The molecule has 24 heavy (non-hydrogen) atoms. The highest BCUT2D eigenvalue weighted by atomic mass is 32.2. The van der Waals surface area contributed by atoms with Crippen LogP contribution in [0.3, 0.4) is 0 Å². The summed E-state index contributed by atoms with van der Waals surface area (Å²) in [6.07, 6.45) is 10.1. The number of thioether (sulfide) groups is 1. The largest absolute Gasteiger partial charge is 0.245 e. The molecule has 1 aromatic heterocycles. The molecule has 0 aliphatic rings. The first-order valence-electron chi connectivity index (χ1n) is 7.62. The molecule has 4 heteroatoms. The molecule has 1 heterocycles. The van der Waals surface area contributed by atoms with E-state index in [4.69, 9.17) is 0 Å². The Kier molecular flexibility index (Phi) is 9.52. The zero-order valence-corrected chi connectivity index (χ0v) is 15.8. The van der Waals surface area contributed by atoms with Crippen molar-refractivity contribution in [1.29, 1.82) is 5.26 Å². The predicted octanol–water partition coefficient (Wildman–Crippen LogP) is 6.40. The van der Waals surface area contributed by atoms with Gasteiger partial charge in [0.15, 0.2) is 0 Å². The molecule has 1 aromatic rings. The number of aliphatic imine (C=N–C) groups is 1. The van der Waals surface area contributed by atoms with E-state index >= 15 is 0 Å². The van der Waals surface area contributed by atoms with Crippen molar-refractivity contribution in [3.05, 3.63) is 77.2 Å². The highest BCUT2D eigenvalue weighted by Gasteiger charge is 2.13. The Balaban J connectivity index is 3.03. The van der Waals surface area contributed by atoms with Crippen molar-refractivity contribution in [2.75, 3.05) is 5.75 Å². The van der Waals surface area contributed by atoms with Crippen LogP contribution < -0.4 is 0 Å². The summed E-state index contributed by atoms with van der Waals surface area (Å²) in [5, 5.41) is 12.4. The highest BCUT2D eigenvalue weighted by Crippen LogP contribution is 2.27. The second kappa shape index (κ2) is 11.4. The fraction of sp³-hybridized carbons (Fsp3) is 0.200. The first-order valence-corrected chi connectivity index (χ1v) is 9.49. The quantitative estimate of drug-likeness (QED) is 0.234. The van der Waals surface area contributed by atoms with Gasteiger partial charge in [-0.2, -0.15) is 5.26 Å². The molecule has 0 saturated heterocycles. The topological polar surface area (TPSA) is 36.1 Å². The van der Waals surface area contributed by atoms with Gasteiger partial charge in [0.1, 0.15) is 11.1 Å². The molecule has 0 aliphatic carbocycles. The first kappa shape index (κ1) is 20.0. The smallest absolute Gasteiger partial charge is 0.114 e. The van der Waals surface area contributed by atoms with Gasteiger partial charge in [-0.1, -0.05) is 56.5 Å². The Labute approximate surface area is 153 Å². The lowest BCUT2D eigenvalue weighted by Crippen LogP contribution is -2.00. The fourth-order valence-corrected chi connectivity index (χ4v) is 3.37. The molecule has 1 rings (SSSR count). The highest BCUT2D eigenvalue weighted by molar-refractivity contribution is 8.14. The van der Waals surface area contributed by atoms with Crippen molar-refractivity contribution < 1.29 is 0 Å². The summed E-state index contributed by atoms with van der Waals surface area (Å²) in [5.41, 5.74) is 2.33. The van der Waals surface area contributed by atoms with E-state index in [0.717, 1.165) is 26.9 Å². The lowest BCUT2D eigenvalue weighted by Gasteiger charge is -2.08. The van der Waals surface area contributed by atoms with Crippen molar-refractivity contribution in [2.45, 2.75) is 20.3 Å². The van der Waals surface area contributed by atoms with Crippen LogP contribution >= 0.6 is 23.1 Å². The zero-order valence-electron chi connectivity index (χ0n) is 14.2. The van der Waals surface area contributed by atoms with E-state index in [1.807, 2.05) is 48.7 Å². The summed E-state index contributed by atoms with van der Waals surface area (Å²) < 4.78 is 0. The van der Waals surface area contributed by atoms with Crippen LogP contribution in [0.1, 0.15) is 25.1 Å². The van der Waals surface area contributed by atoms with Crippen LogP contribution in [0.5, 0.6) is 0 Å². The van der Waals surface area contributed by atoms with Gasteiger partial charge in [0.2, 0.25) is 0 Å². The van der Waals surface area contributed by atoms with Gasteiger partial charge in [-0.3, -0.25) is 0 Å². The van der Waals surface area contributed by atoms with Crippen molar-refractivity contribution in [3.8, 4) is 6.07 Å². The van der Waals surface area contributed by atoms with Crippen molar-refractivity contribution in [2.24, 2.45) is 4.99 Å². The fourth-order valence-electron chi connectivity index (χ4n) is 1.82. The molecule has 0 amide bonds. The van der Waals surface area contributed by atoms with Gasteiger partial charge >= 0.3 is 0 Å². The Hall–Kier alpha value is -2.09. The van der Waals surface area contributed by atoms with Gasteiger partial charge in [-0.25, -0.2) is 4.99 Å². The summed E-state index contributed by atoms with van der Waals surface area (Å²) in [6, 6.07) is 6.33. The minimum absolute atomic E-state index is 0.626. The second-order valence-electron chi connectivity index (χ2n) is 4.76. The number of hydrogen-bond acceptors (Lipinski definition) is 4. The molecule has 0 radical (unpaired) electrons. The maximum atomic E-state index is 9.62. The van der Waals surface area contributed by atoms with Gasteiger partial charge < -0.3 is 0 Å². The number of rotatable bonds is 8. The van der Waals surface area contributed by atoms with E-state index in [2.05, 4.69) is 31.1 Å². The Morgan fingerprint density at radius 1 is 1.42 bits per heavy atom. The molecule has 0 aliphatic heterocycles.